The fraction of sp³-hybridized carbons (Fsp3) is 0.533. The van der Waals surface area contributed by atoms with Crippen LogP contribution in [0.5, 0.6) is 0 Å². The number of hydrogen-bond donors (Lipinski definition) is 1. The monoisotopic (exact) mass is 371 g/mol. The highest BCUT2D eigenvalue weighted by Crippen LogP contribution is 2.30. The number of hydrogen-bond acceptors (Lipinski definition) is 6. The van der Waals surface area contributed by atoms with Crippen molar-refractivity contribution < 1.29 is 0 Å². The molecule has 7 nitrogen and oxygen atoms in total. The van der Waals surface area contributed by atoms with Gasteiger partial charge in [-0.1, -0.05) is 0 Å². The van der Waals surface area contributed by atoms with Gasteiger partial charge in [-0.05, 0) is 33.1 Å². The number of halogens is 2. The second-order valence-corrected chi connectivity index (χ2v) is 6.03. The van der Waals surface area contributed by atoms with Crippen molar-refractivity contribution in [1.29, 1.82) is 5.26 Å². The average Bonchev–Trinajstić information content (AvgIpc) is 2.96. The molecule has 0 unspecified atom stereocenters. The van der Waals surface area contributed by atoms with Crippen molar-refractivity contribution in [3.8, 4) is 6.07 Å². The first-order chi connectivity index (χ1) is 10.6. The zero-order valence-electron chi connectivity index (χ0n) is 14.1. The molecule has 3 rings (SSSR count). The summed E-state index contributed by atoms with van der Waals surface area (Å²) in [6.45, 7) is 3.44. The van der Waals surface area contributed by atoms with Crippen LogP contribution in [0, 0.1) is 11.3 Å². The lowest BCUT2D eigenvalue weighted by atomic mass is 9.96. The van der Waals surface area contributed by atoms with Crippen molar-refractivity contribution in [2.75, 3.05) is 46.1 Å². The minimum Gasteiger partial charge on any atom is -0.369 e. The number of nitriles is 1. The molecule has 2 aromatic rings. The Morgan fingerprint density at radius 2 is 2.08 bits per heavy atom. The highest BCUT2D eigenvalue weighted by Gasteiger charge is 2.24. The SMILES string of the molecule is CN(C)CCNc1c(C#N)c2c(c3nncn13)CN(C)CC2.Cl.Cl. The summed E-state index contributed by atoms with van der Waals surface area (Å²) in [5.41, 5.74) is 3.83. The van der Waals surface area contributed by atoms with Crippen molar-refractivity contribution in [2.24, 2.45) is 0 Å². The molecule has 0 saturated heterocycles. The van der Waals surface area contributed by atoms with Gasteiger partial charge in [-0.25, -0.2) is 0 Å². The Labute approximate surface area is 154 Å². The number of anilines is 1. The molecule has 0 saturated carbocycles. The van der Waals surface area contributed by atoms with Gasteiger partial charge in [-0.2, -0.15) is 5.26 Å². The summed E-state index contributed by atoms with van der Waals surface area (Å²) in [6.07, 6.45) is 2.56. The highest BCUT2D eigenvalue weighted by atomic mass is 35.5. The van der Waals surface area contributed by atoms with Gasteiger partial charge in [0.1, 0.15) is 18.2 Å². The standard InChI is InChI=1S/C15H21N7.2ClH/c1-20(2)7-5-17-14-12(8-16)11-4-6-21(3)9-13(11)15-19-18-10-22(14)15;;/h10,17H,4-7,9H2,1-3H3;2*1H. The van der Waals surface area contributed by atoms with Crippen LogP contribution in [0.3, 0.4) is 0 Å². The first kappa shape index (κ1) is 20.5. The van der Waals surface area contributed by atoms with Crippen molar-refractivity contribution in [1.82, 2.24) is 24.4 Å². The molecule has 2 aromatic heterocycles. The molecular formula is C15H23Cl2N7. The van der Waals surface area contributed by atoms with Gasteiger partial charge in [0, 0.05) is 31.7 Å². The van der Waals surface area contributed by atoms with Gasteiger partial charge in [0.05, 0.1) is 5.56 Å². The Morgan fingerprint density at radius 3 is 2.75 bits per heavy atom. The molecule has 9 heteroatoms. The summed E-state index contributed by atoms with van der Waals surface area (Å²) >= 11 is 0. The van der Waals surface area contributed by atoms with Gasteiger partial charge in [0.25, 0.3) is 0 Å². The number of nitrogens with zero attached hydrogens (tertiary/aromatic N) is 6. The molecule has 1 N–H and O–H groups in total. The van der Waals surface area contributed by atoms with E-state index < -0.39 is 0 Å². The van der Waals surface area contributed by atoms with Crippen LogP contribution in [0.15, 0.2) is 6.33 Å². The summed E-state index contributed by atoms with van der Waals surface area (Å²) in [7, 11) is 6.15. The van der Waals surface area contributed by atoms with E-state index in [4.69, 9.17) is 0 Å². The van der Waals surface area contributed by atoms with Gasteiger partial charge in [-0.3, -0.25) is 4.40 Å². The molecule has 0 bridgehead atoms. The van der Waals surface area contributed by atoms with E-state index in [1.54, 1.807) is 6.33 Å². The average molecular weight is 372 g/mol. The molecule has 3 heterocycles. The van der Waals surface area contributed by atoms with E-state index in [-0.39, 0.29) is 24.8 Å². The van der Waals surface area contributed by atoms with Crippen molar-refractivity contribution in [3.63, 3.8) is 0 Å². The van der Waals surface area contributed by atoms with E-state index in [0.717, 1.165) is 60.8 Å². The second kappa shape index (κ2) is 8.49. The maximum absolute atomic E-state index is 9.68. The maximum atomic E-state index is 9.68. The Kier molecular flexibility index (Phi) is 7.24. The minimum atomic E-state index is 0. The predicted octanol–water partition coefficient (Wildman–Crippen LogP) is 1.41. The number of pyridine rings is 1. The van der Waals surface area contributed by atoms with Crippen LogP contribution in [0.2, 0.25) is 0 Å². The smallest absolute Gasteiger partial charge is 0.167 e. The Hall–Kier alpha value is -1.59. The molecular weight excluding hydrogens is 349 g/mol. The number of likely N-dealkylation sites (N-methyl/N-ethyl adjacent to an activating group) is 2. The molecule has 1 aliphatic rings. The first-order valence-corrected chi connectivity index (χ1v) is 7.46. The molecule has 0 aliphatic carbocycles. The fourth-order valence-corrected chi connectivity index (χ4v) is 2.94. The van der Waals surface area contributed by atoms with Gasteiger partial charge in [-0.15, -0.1) is 35.0 Å². The molecule has 1 aliphatic heterocycles. The Bertz CT molecular complexity index is 735. The van der Waals surface area contributed by atoms with Gasteiger partial charge < -0.3 is 15.1 Å². The minimum absolute atomic E-state index is 0. The largest absolute Gasteiger partial charge is 0.369 e. The van der Waals surface area contributed by atoms with E-state index in [0.29, 0.717) is 0 Å². The summed E-state index contributed by atoms with van der Waals surface area (Å²) in [5, 5.41) is 21.4. The van der Waals surface area contributed by atoms with E-state index in [1.165, 1.54) is 0 Å². The first-order valence-electron chi connectivity index (χ1n) is 7.46. The molecule has 132 valence electrons. The molecule has 0 spiro atoms. The van der Waals surface area contributed by atoms with E-state index in [2.05, 4.69) is 38.4 Å². The van der Waals surface area contributed by atoms with E-state index >= 15 is 0 Å². The van der Waals surface area contributed by atoms with Gasteiger partial charge >= 0.3 is 0 Å². The summed E-state index contributed by atoms with van der Waals surface area (Å²) in [6, 6.07) is 2.39. The lowest BCUT2D eigenvalue weighted by Gasteiger charge is -2.27. The normalized spacial score (nSPS) is 13.8. The lowest BCUT2D eigenvalue weighted by Crippen LogP contribution is -2.29. The molecule has 0 radical (unpaired) electrons. The van der Waals surface area contributed by atoms with Crippen LogP contribution in [-0.2, 0) is 13.0 Å². The zero-order valence-corrected chi connectivity index (χ0v) is 15.7. The fourth-order valence-electron chi connectivity index (χ4n) is 2.94. The molecule has 0 aromatic carbocycles. The van der Waals surface area contributed by atoms with Crippen molar-refractivity contribution in [2.45, 2.75) is 13.0 Å². The van der Waals surface area contributed by atoms with Gasteiger partial charge in [0.2, 0.25) is 0 Å². The molecule has 0 amide bonds. The number of nitrogens with one attached hydrogen (secondary N) is 1. The van der Waals surface area contributed by atoms with Crippen LogP contribution < -0.4 is 5.32 Å². The van der Waals surface area contributed by atoms with Crippen LogP contribution in [0.1, 0.15) is 16.7 Å². The molecule has 0 fully saturated rings. The Balaban J connectivity index is 0.00000144. The molecule has 0 atom stereocenters. The van der Waals surface area contributed by atoms with E-state index in [1.807, 2.05) is 18.5 Å². The highest BCUT2D eigenvalue weighted by molar-refractivity contribution is 5.85. The van der Waals surface area contributed by atoms with Crippen LogP contribution >= 0.6 is 24.8 Å². The number of rotatable bonds is 4. The van der Waals surface area contributed by atoms with E-state index in [9.17, 15) is 5.26 Å². The third-order valence-electron chi connectivity index (χ3n) is 4.10. The quantitative estimate of drug-likeness (QED) is 0.875. The predicted molar refractivity (Wildman–Crippen MR) is 99.3 cm³/mol. The second-order valence-electron chi connectivity index (χ2n) is 6.03. The van der Waals surface area contributed by atoms with Crippen molar-refractivity contribution >= 4 is 36.3 Å². The van der Waals surface area contributed by atoms with Crippen LogP contribution in [-0.4, -0.2) is 65.2 Å². The topological polar surface area (TPSA) is 72.5 Å². The number of aromatic nitrogens is 3. The third kappa shape index (κ3) is 3.73. The zero-order chi connectivity index (χ0) is 15.7. The Morgan fingerprint density at radius 1 is 1.33 bits per heavy atom. The number of fused-ring (bicyclic) bond motifs is 3. The summed E-state index contributed by atoms with van der Waals surface area (Å²) in [5.74, 6) is 0.813. The third-order valence-corrected chi connectivity index (χ3v) is 4.10. The van der Waals surface area contributed by atoms with Crippen molar-refractivity contribution in [3.05, 3.63) is 23.0 Å². The summed E-state index contributed by atoms with van der Waals surface area (Å²) < 4.78 is 1.91. The maximum Gasteiger partial charge on any atom is 0.167 e. The van der Waals surface area contributed by atoms with Gasteiger partial charge in [0.15, 0.2) is 5.65 Å². The van der Waals surface area contributed by atoms with Crippen LogP contribution in [0.25, 0.3) is 5.65 Å². The molecule has 24 heavy (non-hydrogen) atoms. The lowest BCUT2D eigenvalue weighted by molar-refractivity contribution is 0.313. The van der Waals surface area contributed by atoms with Crippen LogP contribution in [0.4, 0.5) is 5.82 Å². The summed E-state index contributed by atoms with van der Waals surface area (Å²) in [4.78, 5) is 4.35.